The van der Waals surface area contributed by atoms with E-state index in [1.54, 1.807) is 23.2 Å². The van der Waals surface area contributed by atoms with Crippen LogP contribution in [0, 0.1) is 5.92 Å². The van der Waals surface area contributed by atoms with Crippen LogP contribution in [0.15, 0.2) is 110 Å². The second-order valence-electron chi connectivity index (χ2n) is 10.8. The lowest BCUT2D eigenvalue weighted by molar-refractivity contribution is -0.136. The van der Waals surface area contributed by atoms with Crippen LogP contribution in [0.3, 0.4) is 0 Å². The molecule has 3 heterocycles. The highest BCUT2D eigenvalue weighted by Crippen LogP contribution is 2.44. The maximum absolute atomic E-state index is 14.0. The Morgan fingerprint density at radius 2 is 1.69 bits per heavy atom. The molecule has 1 saturated heterocycles. The molecule has 1 saturated carbocycles. The molecule has 0 unspecified atom stereocenters. The van der Waals surface area contributed by atoms with E-state index in [1.807, 2.05) is 54.6 Å². The molecular weight excluding hydrogens is 596 g/mol. The van der Waals surface area contributed by atoms with Crippen LogP contribution in [-0.2, 0) is 14.4 Å². The minimum absolute atomic E-state index is 0.0507. The highest BCUT2D eigenvalue weighted by molar-refractivity contribution is 9.10. The van der Waals surface area contributed by atoms with E-state index in [0.717, 1.165) is 51.0 Å². The molecule has 4 aliphatic rings. The Morgan fingerprint density at radius 3 is 2.45 bits per heavy atom. The molecule has 4 atom stereocenters. The second kappa shape index (κ2) is 10.8. The molecule has 9 nitrogen and oxygen atoms in total. The number of hydrazone groups is 1. The summed E-state index contributed by atoms with van der Waals surface area (Å²) in [6, 6.07) is 24.8. The van der Waals surface area contributed by atoms with Crippen molar-refractivity contribution in [3.05, 3.63) is 106 Å². The molecule has 7 rings (SSSR count). The van der Waals surface area contributed by atoms with Crippen molar-refractivity contribution in [2.75, 3.05) is 11.4 Å². The van der Waals surface area contributed by atoms with Gasteiger partial charge < -0.3 is 0 Å². The maximum atomic E-state index is 14.0. The molecule has 42 heavy (non-hydrogen) atoms. The lowest BCUT2D eigenvalue weighted by Crippen LogP contribution is -2.45. The van der Waals surface area contributed by atoms with Gasteiger partial charge in [-0.2, -0.15) is 10.2 Å². The van der Waals surface area contributed by atoms with Gasteiger partial charge in [-0.3, -0.25) is 19.4 Å². The van der Waals surface area contributed by atoms with Crippen LogP contribution in [0.5, 0.6) is 0 Å². The smallest absolute Gasteiger partial charge is 0.264 e. The lowest BCUT2D eigenvalue weighted by Gasteiger charge is -2.30. The van der Waals surface area contributed by atoms with Gasteiger partial charge in [0.1, 0.15) is 6.54 Å². The molecule has 210 valence electrons. The highest BCUT2D eigenvalue weighted by Gasteiger charge is 2.55. The largest absolute Gasteiger partial charge is 0.271 e. The molecular formula is C32H27BrN6O3. The van der Waals surface area contributed by atoms with E-state index in [4.69, 9.17) is 5.10 Å². The Balaban J connectivity index is 1.18. The summed E-state index contributed by atoms with van der Waals surface area (Å²) in [5.74, 6) is -1.15. The first-order chi connectivity index (χ1) is 20.5. The van der Waals surface area contributed by atoms with Gasteiger partial charge in [-0.05, 0) is 60.2 Å². The van der Waals surface area contributed by atoms with Gasteiger partial charge in [0.05, 0.1) is 17.4 Å². The van der Waals surface area contributed by atoms with E-state index in [0.29, 0.717) is 5.69 Å². The Kier molecular flexibility index (Phi) is 6.78. The number of imide groups is 1. The predicted octanol–water partition coefficient (Wildman–Crippen LogP) is 5.57. The van der Waals surface area contributed by atoms with Gasteiger partial charge in [-0.15, -0.1) is 0 Å². The van der Waals surface area contributed by atoms with Crippen molar-refractivity contribution in [3.8, 4) is 0 Å². The summed E-state index contributed by atoms with van der Waals surface area (Å²) in [7, 11) is 0. The third-order valence-corrected chi connectivity index (χ3v) is 8.75. The van der Waals surface area contributed by atoms with Crippen LogP contribution < -0.4 is 4.90 Å². The summed E-state index contributed by atoms with van der Waals surface area (Å²) in [6.07, 6.45) is 4.97. The van der Waals surface area contributed by atoms with E-state index in [-0.39, 0.29) is 24.4 Å². The van der Waals surface area contributed by atoms with Crippen LogP contribution in [0.1, 0.15) is 36.4 Å². The summed E-state index contributed by atoms with van der Waals surface area (Å²) in [5.41, 5.74) is 4.62. The highest BCUT2D eigenvalue weighted by atomic mass is 79.9. The van der Waals surface area contributed by atoms with Crippen molar-refractivity contribution < 1.29 is 14.4 Å². The molecule has 3 aliphatic heterocycles. The van der Waals surface area contributed by atoms with E-state index in [2.05, 4.69) is 44.5 Å². The van der Waals surface area contributed by atoms with Crippen molar-refractivity contribution in [1.29, 1.82) is 0 Å². The van der Waals surface area contributed by atoms with E-state index >= 15 is 0 Å². The van der Waals surface area contributed by atoms with E-state index < -0.39 is 23.9 Å². The Hall–Kier alpha value is -4.44. The van der Waals surface area contributed by atoms with Crippen molar-refractivity contribution >= 4 is 51.1 Å². The first kappa shape index (κ1) is 26.5. The Bertz CT molecular complexity index is 1660. The average molecular weight is 624 g/mol. The van der Waals surface area contributed by atoms with E-state index in [1.165, 1.54) is 5.01 Å². The molecule has 2 fully saturated rings. The van der Waals surface area contributed by atoms with Gasteiger partial charge in [-0.25, -0.2) is 9.91 Å². The number of allylic oxidation sites excluding steroid dienone is 1. The monoisotopic (exact) mass is 622 g/mol. The fraction of sp³-hybridized carbons (Fsp3) is 0.250. The number of hydrogen-bond acceptors (Lipinski definition) is 7. The SMILES string of the molecule is O=C1[C@@H]2N=NN(CC(=O)N3N=C4/C(=C/c5ccccc5)CCC[C@@H]4[C@H]3c3ccccc3)[C@H]2C(=O)N1c1cccc(Br)c1. The normalized spacial score (nSPS) is 25.7. The van der Waals surface area contributed by atoms with Gasteiger partial charge in [-0.1, -0.05) is 87.9 Å². The van der Waals surface area contributed by atoms with E-state index in [9.17, 15) is 14.4 Å². The van der Waals surface area contributed by atoms with Crippen LogP contribution >= 0.6 is 15.9 Å². The van der Waals surface area contributed by atoms with Crippen molar-refractivity contribution in [2.45, 2.75) is 37.4 Å². The number of anilines is 1. The van der Waals surface area contributed by atoms with Crippen molar-refractivity contribution in [2.24, 2.45) is 21.4 Å². The molecule has 0 N–H and O–H groups in total. The first-order valence-electron chi connectivity index (χ1n) is 14.0. The fourth-order valence-electron chi connectivity index (χ4n) is 6.38. The Labute approximate surface area is 251 Å². The standard InChI is InChI=1S/C32H27BrN6O3/c33-23-14-8-15-24(18-23)38-31(41)28-30(32(38)42)37(36-34-28)19-26(40)39-29(21-11-5-2-6-12-21)25-16-7-13-22(27(25)35-39)17-20-9-3-1-4-10-20/h1-6,8-12,14-15,17-18,25,28-30H,7,13,16,19H2/b22-17+/t25-,28+,29+,30+/m0/s1. The van der Waals surface area contributed by atoms with Crippen molar-refractivity contribution in [3.63, 3.8) is 0 Å². The fourth-order valence-corrected chi connectivity index (χ4v) is 6.76. The summed E-state index contributed by atoms with van der Waals surface area (Å²) in [4.78, 5) is 41.8. The van der Waals surface area contributed by atoms with Crippen LogP contribution in [0.2, 0.25) is 0 Å². The zero-order valence-electron chi connectivity index (χ0n) is 22.6. The molecule has 0 radical (unpaired) electrons. The van der Waals surface area contributed by atoms with Crippen LogP contribution in [0.4, 0.5) is 5.69 Å². The maximum Gasteiger partial charge on any atom is 0.264 e. The number of halogens is 1. The number of rotatable bonds is 5. The third-order valence-electron chi connectivity index (χ3n) is 8.26. The van der Waals surface area contributed by atoms with Gasteiger partial charge >= 0.3 is 0 Å². The molecule has 0 spiro atoms. The second-order valence-corrected chi connectivity index (χ2v) is 11.8. The number of carbonyl (C=O) groups is 3. The molecule has 1 aliphatic carbocycles. The molecule has 3 aromatic carbocycles. The summed E-state index contributed by atoms with van der Waals surface area (Å²) in [6.45, 7) is -0.222. The third kappa shape index (κ3) is 4.56. The molecule has 3 amide bonds. The number of hydrogen-bond donors (Lipinski definition) is 0. The number of carbonyl (C=O) groups excluding carboxylic acids is 3. The van der Waals surface area contributed by atoms with Gasteiger partial charge in [0, 0.05) is 10.4 Å². The topological polar surface area (TPSA) is 98.0 Å². The molecule has 3 aromatic rings. The molecule has 0 aromatic heterocycles. The Morgan fingerprint density at radius 1 is 0.929 bits per heavy atom. The van der Waals surface area contributed by atoms with Gasteiger partial charge in [0.15, 0.2) is 12.1 Å². The zero-order chi connectivity index (χ0) is 28.8. The number of amides is 3. The number of fused-ring (bicyclic) bond motifs is 2. The van der Waals surface area contributed by atoms with Crippen LogP contribution in [0.25, 0.3) is 6.08 Å². The zero-order valence-corrected chi connectivity index (χ0v) is 24.2. The van der Waals surface area contributed by atoms with Gasteiger partial charge in [0.25, 0.3) is 17.7 Å². The molecule has 0 bridgehead atoms. The number of benzene rings is 3. The summed E-state index contributed by atoms with van der Waals surface area (Å²) >= 11 is 3.40. The predicted molar refractivity (Wildman–Crippen MR) is 161 cm³/mol. The van der Waals surface area contributed by atoms with Gasteiger partial charge in [0.2, 0.25) is 0 Å². The quantitative estimate of drug-likeness (QED) is 0.348. The summed E-state index contributed by atoms with van der Waals surface area (Å²) in [5, 5.41) is 16.1. The molecule has 10 heteroatoms. The average Bonchev–Trinajstić information content (AvgIpc) is 3.67. The summed E-state index contributed by atoms with van der Waals surface area (Å²) < 4.78 is 0.744. The minimum Gasteiger partial charge on any atom is -0.271 e. The number of nitrogens with zero attached hydrogens (tertiary/aromatic N) is 6. The first-order valence-corrected chi connectivity index (χ1v) is 14.8. The van der Waals surface area contributed by atoms with Crippen molar-refractivity contribution in [1.82, 2.24) is 10.0 Å². The van der Waals surface area contributed by atoms with Crippen LogP contribution in [-0.4, -0.2) is 52.1 Å². The lowest BCUT2D eigenvalue weighted by atomic mass is 9.77. The minimum atomic E-state index is -0.984.